The predicted molar refractivity (Wildman–Crippen MR) is 101 cm³/mol. The number of fused-ring (bicyclic) bond motifs is 2. The number of carbonyl (C=O) groups excluding carboxylic acids is 5. The normalized spacial score (nSPS) is 25.4. The van der Waals surface area contributed by atoms with Crippen molar-refractivity contribution in [1.29, 1.82) is 0 Å². The molecule has 4 rings (SSSR count). The summed E-state index contributed by atoms with van der Waals surface area (Å²) in [5.74, 6) is -4.96. The van der Waals surface area contributed by atoms with E-state index >= 15 is 0 Å². The smallest absolute Gasteiger partial charge is 0.275 e. The Morgan fingerprint density at radius 1 is 1.10 bits per heavy atom. The summed E-state index contributed by atoms with van der Waals surface area (Å²) in [4.78, 5) is 65.3. The van der Waals surface area contributed by atoms with Gasteiger partial charge in [0.15, 0.2) is 6.04 Å². The Hall–Kier alpha value is -3.60. The number of hydrazine groups is 1. The highest BCUT2D eigenvalue weighted by molar-refractivity contribution is 6.54. The van der Waals surface area contributed by atoms with Crippen LogP contribution in [0.3, 0.4) is 0 Å². The van der Waals surface area contributed by atoms with E-state index in [0.29, 0.717) is 13.0 Å². The highest BCUT2D eigenvalue weighted by Crippen LogP contribution is 2.29. The molecule has 1 aromatic carbocycles. The van der Waals surface area contributed by atoms with Gasteiger partial charge in [0, 0.05) is 17.8 Å². The Balaban J connectivity index is 1.49. The van der Waals surface area contributed by atoms with Crippen molar-refractivity contribution < 1.29 is 33.1 Å². The highest BCUT2D eigenvalue weighted by Gasteiger charge is 2.51. The number of hydrogen-bond acceptors (Lipinski definition) is 7. The van der Waals surface area contributed by atoms with E-state index in [9.17, 15) is 28.4 Å². The molecule has 3 aliphatic rings. The van der Waals surface area contributed by atoms with Crippen LogP contribution in [-0.2, 0) is 23.9 Å². The molecule has 1 aromatic rings. The minimum Gasteiger partial charge on any atom is -0.356 e. The molecule has 0 radical (unpaired) electrons. The van der Waals surface area contributed by atoms with Gasteiger partial charge in [-0.15, -0.1) is 0 Å². The van der Waals surface area contributed by atoms with Crippen molar-refractivity contribution in [1.82, 2.24) is 20.7 Å². The molecule has 11 heteroatoms. The van der Waals surface area contributed by atoms with Crippen LogP contribution in [0.25, 0.3) is 0 Å². The van der Waals surface area contributed by atoms with Crippen LogP contribution in [-0.4, -0.2) is 70.6 Å². The van der Waals surface area contributed by atoms with Gasteiger partial charge >= 0.3 is 0 Å². The van der Waals surface area contributed by atoms with Crippen LogP contribution in [0.5, 0.6) is 0 Å². The van der Waals surface area contributed by atoms with E-state index in [0.717, 1.165) is 18.3 Å². The van der Waals surface area contributed by atoms with Crippen molar-refractivity contribution in [3.8, 4) is 0 Å². The van der Waals surface area contributed by atoms with Crippen LogP contribution in [0.4, 0.5) is 4.39 Å². The molecular weight excluding hydrogens is 411 g/mol. The molecule has 0 spiro atoms. The van der Waals surface area contributed by atoms with E-state index < -0.39 is 52.9 Å². The molecule has 3 atom stereocenters. The van der Waals surface area contributed by atoms with Crippen LogP contribution >= 0.6 is 0 Å². The average molecular weight is 430 g/mol. The van der Waals surface area contributed by atoms with Gasteiger partial charge in [-0.2, -0.15) is 0 Å². The topological polar surface area (TPSA) is 125 Å². The van der Waals surface area contributed by atoms with Gasteiger partial charge in [0.05, 0.1) is 13.2 Å². The highest BCUT2D eigenvalue weighted by atomic mass is 19.1. The first-order valence-corrected chi connectivity index (χ1v) is 9.64. The summed E-state index contributed by atoms with van der Waals surface area (Å²) in [7, 11) is 0. The largest absolute Gasteiger partial charge is 0.356 e. The molecule has 2 fully saturated rings. The Bertz CT molecular complexity index is 1010. The van der Waals surface area contributed by atoms with Crippen molar-refractivity contribution in [2.24, 2.45) is 0 Å². The lowest BCUT2D eigenvalue weighted by Crippen LogP contribution is -2.69. The quantitative estimate of drug-likeness (QED) is 0.274. The Labute approximate surface area is 176 Å². The second-order valence-electron chi connectivity index (χ2n) is 7.46. The molecule has 0 bridgehead atoms. The average Bonchev–Trinajstić information content (AvgIpc) is 2.74. The summed E-state index contributed by atoms with van der Waals surface area (Å²) in [5, 5.41) is 0. The molecule has 3 amide bonds. The first-order chi connectivity index (χ1) is 14.8. The third kappa shape index (κ3) is 3.67. The lowest BCUT2D eigenvalue weighted by atomic mass is 9.92. The first kappa shape index (κ1) is 20.7. The molecule has 3 aliphatic heterocycles. The maximum Gasteiger partial charge on any atom is 0.275 e. The van der Waals surface area contributed by atoms with Crippen LogP contribution < -0.4 is 10.9 Å². The van der Waals surface area contributed by atoms with Crippen LogP contribution in [0.15, 0.2) is 36.0 Å². The van der Waals surface area contributed by atoms with E-state index in [-0.39, 0.29) is 18.2 Å². The van der Waals surface area contributed by atoms with Crippen molar-refractivity contribution in [3.63, 3.8) is 0 Å². The molecule has 0 saturated carbocycles. The number of ether oxygens (including phenoxy) is 1. The summed E-state index contributed by atoms with van der Waals surface area (Å²) in [5.41, 5.74) is 3.73. The molecular formula is C20H19FN4O6. The SMILES string of the molecule is C[C@@H]1CCO[C@H]2CN3C=C(C(=O)NNC(=O)c4ccc(F)cc4)C(=O)C(=O)C3C(=O)N12. The number of nitrogens with one attached hydrogen (secondary N) is 2. The molecule has 0 aromatic heterocycles. The second kappa shape index (κ2) is 7.91. The summed E-state index contributed by atoms with van der Waals surface area (Å²) in [6, 6.07) is 3.12. The number of amides is 3. The molecule has 2 N–H and O–H groups in total. The number of benzene rings is 1. The summed E-state index contributed by atoms with van der Waals surface area (Å²) in [6.45, 7) is 2.42. The Morgan fingerprint density at radius 3 is 2.48 bits per heavy atom. The van der Waals surface area contributed by atoms with Gasteiger partial charge in [0.25, 0.3) is 17.7 Å². The standard InChI is InChI=1S/C20H19FN4O6/c1-10-6-7-31-14-9-24-8-13(16(26)17(27)15(24)20(30)25(10)14)19(29)23-22-18(28)11-2-4-12(21)5-3-11/h2-5,8,10,14-15H,6-7,9H2,1H3,(H,22,28)(H,23,29)/t10-,14+,15?/m1/s1. The lowest BCUT2D eigenvalue weighted by molar-refractivity contribution is -0.185. The molecule has 2 saturated heterocycles. The zero-order valence-electron chi connectivity index (χ0n) is 16.5. The number of piperazine rings is 1. The fourth-order valence-electron chi connectivity index (χ4n) is 3.83. The van der Waals surface area contributed by atoms with E-state index in [1.807, 2.05) is 6.92 Å². The van der Waals surface area contributed by atoms with Gasteiger partial charge in [0.2, 0.25) is 11.6 Å². The van der Waals surface area contributed by atoms with Crippen molar-refractivity contribution >= 4 is 29.3 Å². The minimum atomic E-state index is -1.33. The van der Waals surface area contributed by atoms with Crippen LogP contribution in [0.2, 0.25) is 0 Å². The summed E-state index contributed by atoms with van der Waals surface area (Å²) >= 11 is 0. The minimum absolute atomic E-state index is 0.0760. The van der Waals surface area contributed by atoms with Crippen molar-refractivity contribution in [2.45, 2.75) is 31.7 Å². The van der Waals surface area contributed by atoms with Gasteiger partial charge in [-0.05, 0) is 37.6 Å². The van der Waals surface area contributed by atoms with Gasteiger partial charge in [-0.3, -0.25) is 34.8 Å². The Kier molecular flexibility index (Phi) is 5.27. The van der Waals surface area contributed by atoms with Crippen molar-refractivity contribution in [3.05, 3.63) is 47.4 Å². The van der Waals surface area contributed by atoms with E-state index in [4.69, 9.17) is 4.74 Å². The van der Waals surface area contributed by atoms with Gasteiger partial charge < -0.3 is 14.5 Å². The van der Waals surface area contributed by atoms with Gasteiger partial charge in [-0.1, -0.05) is 0 Å². The monoisotopic (exact) mass is 430 g/mol. The molecule has 10 nitrogen and oxygen atoms in total. The molecule has 3 heterocycles. The maximum absolute atomic E-state index is 13.0. The number of rotatable bonds is 2. The van der Waals surface area contributed by atoms with E-state index in [1.165, 1.54) is 21.9 Å². The van der Waals surface area contributed by atoms with Crippen LogP contribution in [0.1, 0.15) is 23.7 Å². The third-order valence-corrected chi connectivity index (χ3v) is 5.47. The number of ketones is 2. The van der Waals surface area contributed by atoms with Crippen molar-refractivity contribution in [2.75, 3.05) is 13.2 Å². The fraction of sp³-hybridized carbons (Fsp3) is 0.350. The molecule has 0 aliphatic carbocycles. The van der Waals surface area contributed by atoms with E-state index in [2.05, 4.69) is 10.9 Å². The summed E-state index contributed by atoms with van der Waals surface area (Å²) < 4.78 is 18.6. The molecule has 1 unspecified atom stereocenters. The number of halogens is 1. The van der Waals surface area contributed by atoms with Gasteiger partial charge in [-0.25, -0.2) is 4.39 Å². The predicted octanol–water partition coefficient (Wildman–Crippen LogP) is -0.730. The number of carbonyl (C=O) groups is 5. The number of nitrogens with zero attached hydrogens (tertiary/aromatic N) is 2. The first-order valence-electron chi connectivity index (χ1n) is 9.64. The lowest BCUT2D eigenvalue weighted by Gasteiger charge is -2.49. The van der Waals surface area contributed by atoms with Gasteiger partial charge in [0.1, 0.15) is 17.6 Å². The summed E-state index contributed by atoms with van der Waals surface area (Å²) in [6.07, 6.45) is 1.17. The fourth-order valence-corrected chi connectivity index (χ4v) is 3.83. The zero-order chi connectivity index (χ0) is 22.3. The molecule has 31 heavy (non-hydrogen) atoms. The number of Topliss-reactive ketones (excluding diaryl/α,β-unsaturated/α-hetero) is 2. The zero-order valence-corrected chi connectivity index (χ0v) is 16.5. The second-order valence-corrected chi connectivity index (χ2v) is 7.46. The number of hydrogen-bond donors (Lipinski definition) is 2. The van der Waals surface area contributed by atoms with E-state index in [1.54, 1.807) is 0 Å². The third-order valence-electron chi connectivity index (χ3n) is 5.47. The molecule has 162 valence electrons. The maximum atomic E-state index is 13.0. The van der Waals surface area contributed by atoms with Crippen LogP contribution in [0, 0.1) is 5.82 Å². The Morgan fingerprint density at radius 2 is 1.77 bits per heavy atom.